The van der Waals surface area contributed by atoms with E-state index in [9.17, 15) is 4.79 Å². The van der Waals surface area contributed by atoms with Gasteiger partial charge < -0.3 is 15.5 Å². The average Bonchev–Trinajstić information content (AvgIpc) is 3.16. The van der Waals surface area contributed by atoms with Crippen molar-refractivity contribution in [3.63, 3.8) is 0 Å². The van der Waals surface area contributed by atoms with E-state index < -0.39 is 0 Å². The van der Waals surface area contributed by atoms with E-state index in [0.717, 1.165) is 17.3 Å². The largest absolute Gasteiger partial charge is 0.437 e. The van der Waals surface area contributed by atoms with Crippen LogP contribution in [0, 0.1) is 0 Å². The lowest BCUT2D eigenvalue weighted by atomic mass is 10.3. The fourth-order valence-electron chi connectivity index (χ4n) is 1.78. The first-order valence-corrected chi connectivity index (χ1v) is 6.75. The van der Waals surface area contributed by atoms with Crippen molar-refractivity contribution in [3.05, 3.63) is 44.9 Å². The summed E-state index contributed by atoms with van der Waals surface area (Å²) in [6.45, 7) is 0. The highest BCUT2D eigenvalue weighted by molar-refractivity contribution is 9.10. The van der Waals surface area contributed by atoms with Crippen molar-refractivity contribution in [2.75, 3.05) is 5.73 Å². The van der Waals surface area contributed by atoms with Crippen molar-refractivity contribution < 1.29 is 4.74 Å². The summed E-state index contributed by atoms with van der Waals surface area (Å²) in [7, 11) is 0. The number of nitrogen functional groups attached to an aromatic ring is 1. The lowest BCUT2D eigenvalue weighted by molar-refractivity contribution is 0.459. The van der Waals surface area contributed by atoms with E-state index in [1.165, 1.54) is 6.07 Å². The molecule has 2 aromatic rings. The number of H-pyrrole nitrogens is 1. The number of hydrogen-bond acceptors (Lipinski definition) is 4. The van der Waals surface area contributed by atoms with Gasteiger partial charge in [-0.1, -0.05) is 15.9 Å². The van der Waals surface area contributed by atoms with Crippen molar-refractivity contribution in [1.82, 2.24) is 9.97 Å². The van der Waals surface area contributed by atoms with E-state index in [-0.39, 0.29) is 11.4 Å². The lowest BCUT2D eigenvalue weighted by Gasteiger charge is -2.08. The van der Waals surface area contributed by atoms with Crippen molar-refractivity contribution in [2.24, 2.45) is 0 Å². The molecule has 19 heavy (non-hydrogen) atoms. The Morgan fingerprint density at radius 1 is 1.37 bits per heavy atom. The molecule has 0 amide bonds. The lowest BCUT2D eigenvalue weighted by Crippen LogP contribution is -2.10. The fourth-order valence-corrected chi connectivity index (χ4v) is 2.16. The van der Waals surface area contributed by atoms with Gasteiger partial charge in [-0.25, -0.2) is 0 Å². The van der Waals surface area contributed by atoms with Crippen molar-refractivity contribution in [3.8, 4) is 11.6 Å². The fraction of sp³-hybridized carbons (Fsp3) is 0.231. The minimum absolute atomic E-state index is 0.206. The number of aromatic amines is 1. The summed E-state index contributed by atoms with van der Waals surface area (Å²) in [6, 6.07) is 6.62. The molecule has 0 atom stereocenters. The zero-order chi connectivity index (χ0) is 13.4. The van der Waals surface area contributed by atoms with Crippen LogP contribution in [0.5, 0.6) is 11.6 Å². The Kier molecular flexibility index (Phi) is 3.02. The van der Waals surface area contributed by atoms with Gasteiger partial charge in [-0.2, -0.15) is 4.98 Å². The quantitative estimate of drug-likeness (QED) is 0.852. The minimum Gasteiger partial charge on any atom is -0.437 e. The molecular weight excluding hydrogens is 310 g/mol. The second-order valence-electron chi connectivity index (χ2n) is 4.53. The SMILES string of the molecule is Nc1cc(Br)ccc1Oc1cc(=O)[nH]c(C2CC2)n1. The molecule has 5 nitrogen and oxygen atoms in total. The number of nitrogens with two attached hydrogens (primary N) is 1. The third-order valence-corrected chi connectivity index (χ3v) is 3.38. The van der Waals surface area contributed by atoms with Gasteiger partial charge in [0.1, 0.15) is 5.82 Å². The van der Waals surface area contributed by atoms with Gasteiger partial charge in [0.2, 0.25) is 5.88 Å². The Morgan fingerprint density at radius 2 is 2.16 bits per heavy atom. The Balaban J connectivity index is 1.92. The highest BCUT2D eigenvalue weighted by Crippen LogP contribution is 2.38. The summed E-state index contributed by atoms with van der Waals surface area (Å²) >= 11 is 3.33. The number of rotatable bonds is 3. The van der Waals surface area contributed by atoms with Crippen LogP contribution in [0.15, 0.2) is 33.5 Å². The van der Waals surface area contributed by atoms with Crippen molar-refractivity contribution in [2.45, 2.75) is 18.8 Å². The Bertz CT molecular complexity index is 680. The van der Waals surface area contributed by atoms with E-state index in [4.69, 9.17) is 10.5 Å². The molecule has 0 aliphatic heterocycles. The van der Waals surface area contributed by atoms with Crippen LogP contribution in [0.4, 0.5) is 5.69 Å². The number of aromatic nitrogens is 2. The maximum atomic E-state index is 11.6. The average molecular weight is 322 g/mol. The zero-order valence-corrected chi connectivity index (χ0v) is 11.6. The Labute approximate surface area is 117 Å². The molecule has 6 heteroatoms. The number of ether oxygens (including phenoxy) is 1. The number of benzene rings is 1. The summed E-state index contributed by atoms with van der Waals surface area (Å²) in [5.41, 5.74) is 6.13. The molecule has 3 N–H and O–H groups in total. The number of nitrogens with zero attached hydrogens (tertiary/aromatic N) is 1. The van der Waals surface area contributed by atoms with Crippen LogP contribution in [0.3, 0.4) is 0 Å². The first-order valence-electron chi connectivity index (χ1n) is 5.96. The predicted molar refractivity (Wildman–Crippen MR) is 75.5 cm³/mol. The zero-order valence-electron chi connectivity index (χ0n) is 10.0. The van der Waals surface area contributed by atoms with E-state index in [0.29, 0.717) is 23.2 Å². The number of hydrogen-bond donors (Lipinski definition) is 2. The van der Waals surface area contributed by atoms with Crippen LogP contribution in [0.2, 0.25) is 0 Å². The summed E-state index contributed by atoms with van der Waals surface area (Å²) in [4.78, 5) is 18.6. The summed E-state index contributed by atoms with van der Waals surface area (Å²) in [5.74, 6) is 1.82. The summed E-state index contributed by atoms with van der Waals surface area (Å²) in [6.07, 6.45) is 2.12. The molecule has 0 radical (unpaired) electrons. The third kappa shape index (κ3) is 2.78. The van der Waals surface area contributed by atoms with Crippen LogP contribution >= 0.6 is 15.9 Å². The van der Waals surface area contributed by atoms with Crippen molar-refractivity contribution in [1.29, 1.82) is 0 Å². The van der Waals surface area contributed by atoms with Crippen molar-refractivity contribution >= 4 is 21.6 Å². The highest BCUT2D eigenvalue weighted by atomic mass is 79.9. The highest BCUT2D eigenvalue weighted by Gasteiger charge is 2.26. The van der Waals surface area contributed by atoms with E-state index in [1.54, 1.807) is 12.1 Å². The smallest absolute Gasteiger partial charge is 0.254 e. The van der Waals surface area contributed by atoms with Crippen LogP contribution in [0.25, 0.3) is 0 Å². The maximum absolute atomic E-state index is 11.6. The number of anilines is 1. The van der Waals surface area contributed by atoms with Gasteiger partial charge in [-0.15, -0.1) is 0 Å². The molecule has 98 valence electrons. The number of halogens is 1. The minimum atomic E-state index is -0.206. The molecule has 1 aliphatic rings. The monoisotopic (exact) mass is 321 g/mol. The van der Waals surface area contributed by atoms with Crippen LogP contribution < -0.4 is 16.0 Å². The molecule has 3 rings (SSSR count). The number of nitrogens with one attached hydrogen (secondary N) is 1. The van der Waals surface area contributed by atoms with Crippen LogP contribution in [0.1, 0.15) is 24.6 Å². The normalized spacial score (nSPS) is 14.4. The molecule has 1 aromatic heterocycles. The predicted octanol–water partition coefficient (Wildman–Crippen LogP) is 2.78. The second kappa shape index (κ2) is 4.70. The van der Waals surface area contributed by atoms with E-state index in [2.05, 4.69) is 25.9 Å². The molecule has 1 aromatic carbocycles. The molecule has 1 heterocycles. The Hall–Kier alpha value is -1.82. The van der Waals surface area contributed by atoms with Gasteiger partial charge in [-0.05, 0) is 31.0 Å². The Morgan fingerprint density at radius 3 is 2.84 bits per heavy atom. The topological polar surface area (TPSA) is 81.0 Å². The first kappa shape index (κ1) is 12.2. The molecule has 0 spiro atoms. The van der Waals surface area contributed by atoms with Crippen LogP contribution in [-0.2, 0) is 0 Å². The molecule has 0 unspecified atom stereocenters. The summed E-state index contributed by atoms with van der Waals surface area (Å²) < 4.78 is 6.46. The standard InChI is InChI=1S/C13H12BrN3O2/c14-8-3-4-10(9(15)5-8)19-12-6-11(18)16-13(17-12)7-1-2-7/h3-7H,1-2,15H2,(H,16,17,18). The van der Waals surface area contributed by atoms with Gasteiger partial charge in [-0.3, -0.25) is 4.79 Å². The van der Waals surface area contributed by atoms with E-state index in [1.807, 2.05) is 6.07 Å². The maximum Gasteiger partial charge on any atom is 0.254 e. The molecular formula is C13H12BrN3O2. The van der Waals surface area contributed by atoms with Gasteiger partial charge >= 0.3 is 0 Å². The molecule has 1 fully saturated rings. The summed E-state index contributed by atoms with van der Waals surface area (Å²) in [5, 5.41) is 0. The third-order valence-electron chi connectivity index (χ3n) is 2.89. The first-order chi connectivity index (χ1) is 9.11. The second-order valence-corrected chi connectivity index (χ2v) is 5.44. The molecule has 1 aliphatic carbocycles. The molecule has 0 saturated heterocycles. The van der Waals surface area contributed by atoms with Gasteiger partial charge in [0.05, 0.1) is 11.8 Å². The van der Waals surface area contributed by atoms with Gasteiger partial charge in [0.15, 0.2) is 5.75 Å². The molecule has 1 saturated carbocycles. The van der Waals surface area contributed by atoms with Crippen LogP contribution in [-0.4, -0.2) is 9.97 Å². The van der Waals surface area contributed by atoms with E-state index >= 15 is 0 Å². The van der Waals surface area contributed by atoms with Gasteiger partial charge in [0, 0.05) is 10.4 Å². The van der Waals surface area contributed by atoms with Gasteiger partial charge in [0.25, 0.3) is 5.56 Å². The molecule has 0 bridgehead atoms.